The van der Waals surface area contributed by atoms with Crippen LogP contribution in [0.2, 0.25) is 0 Å². The molecule has 114 valence electrons. The zero-order valence-electron chi connectivity index (χ0n) is 13.1. The van der Waals surface area contributed by atoms with Crippen molar-refractivity contribution < 1.29 is 14.5 Å². The van der Waals surface area contributed by atoms with Crippen molar-refractivity contribution in [3.05, 3.63) is 0 Å². The van der Waals surface area contributed by atoms with E-state index in [1.165, 1.54) is 0 Å². The van der Waals surface area contributed by atoms with Crippen LogP contribution in [-0.2, 0) is 9.47 Å². The molecule has 1 fully saturated rings. The molecule has 0 aromatic heterocycles. The molecule has 6 nitrogen and oxygen atoms in total. The molecule has 1 heterocycles. The maximum Gasteiger partial charge on any atom is 0.343 e. The molecule has 0 aromatic carbocycles. The van der Waals surface area contributed by atoms with Crippen LogP contribution in [0.25, 0.3) is 0 Å². The molecule has 0 saturated heterocycles. The highest BCUT2D eigenvalue weighted by Crippen LogP contribution is 2.83. The maximum absolute atomic E-state index is 9.96. The minimum atomic E-state index is -1.35. The molecule has 3 N–H and O–H groups in total. The van der Waals surface area contributed by atoms with Gasteiger partial charge >= 0.3 is 5.91 Å². The molecule has 0 spiro atoms. The van der Waals surface area contributed by atoms with Crippen molar-refractivity contribution >= 4 is 5.84 Å². The van der Waals surface area contributed by atoms with Crippen molar-refractivity contribution in [2.45, 2.75) is 46.4 Å². The van der Waals surface area contributed by atoms with Gasteiger partial charge in [0, 0.05) is 5.41 Å². The normalized spacial score (nSPS) is 39.0. The highest BCUT2D eigenvalue weighted by molar-refractivity contribution is 5.94. The Labute approximate surface area is 125 Å². The molecule has 21 heavy (non-hydrogen) atoms. The minimum Gasteiger partial charge on any atom is -0.314 e. The van der Waals surface area contributed by atoms with E-state index < -0.39 is 22.2 Å². The van der Waals surface area contributed by atoms with E-state index in [2.05, 4.69) is 17.1 Å². The van der Waals surface area contributed by atoms with E-state index in [0.29, 0.717) is 19.6 Å². The Hall–Kier alpha value is -1.63. The van der Waals surface area contributed by atoms with Crippen LogP contribution >= 0.6 is 0 Å². The highest BCUT2D eigenvalue weighted by Gasteiger charge is 3.02. The second kappa shape index (κ2) is 4.69. The predicted octanol–water partition coefficient (Wildman–Crippen LogP) is 0.00456. The van der Waals surface area contributed by atoms with Gasteiger partial charge in [0.25, 0.3) is 5.84 Å². The largest absolute Gasteiger partial charge is 0.343 e. The summed E-state index contributed by atoms with van der Waals surface area (Å²) in [5.41, 5.74) is 3.35. The molecule has 1 saturated carbocycles. The average Bonchev–Trinajstić information content (AvgIpc) is 2.83. The van der Waals surface area contributed by atoms with Crippen molar-refractivity contribution in [1.82, 2.24) is 0 Å². The number of hydrogen-bond acceptors (Lipinski definition) is 5. The van der Waals surface area contributed by atoms with E-state index >= 15 is 0 Å². The van der Waals surface area contributed by atoms with Crippen LogP contribution in [-0.4, -0.2) is 25.0 Å². The van der Waals surface area contributed by atoms with E-state index in [9.17, 15) is 10.5 Å². The molecule has 1 aliphatic heterocycles. The van der Waals surface area contributed by atoms with Gasteiger partial charge in [-0.2, -0.15) is 10.5 Å². The molecular formula is C15H23N4O2+. The zero-order valence-corrected chi connectivity index (χ0v) is 13.1. The lowest BCUT2D eigenvalue weighted by atomic mass is 9.87. The molecule has 0 aromatic rings. The van der Waals surface area contributed by atoms with Gasteiger partial charge in [0.2, 0.25) is 0 Å². The smallest absolute Gasteiger partial charge is 0.314 e. The summed E-state index contributed by atoms with van der Waals surface area (Å²) in [5, 5.41) is 19.8. The second-order valence-electron chi connectivity index (χ2n) is 5.83. The van der Waals surface area contributed by atoms with E-state index in [1.807, 2.05) is 27.7 Å². The summed E-state index contributed by atoms with van der Waals surface area (Å²) in [7, 11) is 0. The molecule has 0 amide bonds. The van der Waals surface area contributed by atoms with Crippen LogP contribution in [0.4, 0.5) is 0 Å². The van der Waals surface area contributed by atoms with Crippen molar-refractivity contribution in [2.24, 2.45) is 22.0 Å². The number of rotatable bonds is 6. The predicted molar refractivity (Wildman–Crippen MR) is 75.2 cm³/mol. The first-order valence-corrected chi connectivity index (χ1v) is 7.45. The Morgan fingerprint density at radius 3 is 2.10 bits per heavy atom. The average molecular weight is 291 g/mol. The summed E-state index contributed by atoms with van der Waals surface area (Å²) in [6.07, 6.45) is 1.56. The molecule has 0 bridgehead atoms. The number of fused-ring (bicyclic) bond motifs is 1. The van der Waals surface area contributed by atoms with Crippen LogP contribution < -0.4 is 10.7 Å². The SMILES string of the molecule is CCC[C@@]1(C)[C@]2(C#N)C(N)=[NH+]C(OCC)(OCC)[C@]12C#N. The molecule has 2 aliphatic rings. The summed E-state index contributed by atoms with van der Waals surface area (Å²) in [6.45, 7) is 8.33. The van der Waals surface area contributed by atoms with Gasteiger partial charge < -0.3 is 9.47 Å². The lowest BCUT2D eigenvalue weighted by Gasteiger charge is -2.31. The van der Waals surface area contributed by atoms with Gasteiger partial charge in [-0.25, -0.2) is 4.99 Å². The maximum atomic E-state index is 9.96. The topological polar surface area (TPSA) is 106 Å². The Morgan fingerprint density at radius 2 is 1.71 bits per heavy atom. The number of nitrogens with one attached hydrogen (secondary N) is 1. The van der Waals surface area contributed by atoms with E-state index in [-0.39, 0.29) is 5.84 Å². The van der Waals surface area contributed by atoms with Crippen LogP contribution in [0.5, 0.6) is 0 Å². The van der Waals surface area contributed by atoms with Crippen LogP contribution in [0.15, 0.2) is 0 Å². The van der Waals surface area contributed by atoms with Crippen LogP contribution in [0.3, 0.4) is 0 Å². The molecular weight excluding hydrogens is 268 g/mol. The van der Waals surface area contributed by atoms with Crippen LogP contribution in [0.1, 0.15) is 40.5 Å². The number of nitriles is 2. The molecule has 6 heteroatoms. The Morgan fingerprint density at radius 1 is 1.14 bits per heavy atom. The minimum absolute atomic E-state index is 0.282. The fraction of sp³-hybridized carbons (Fsp3) is 0.800. The number of amidine groups is 1. The number of hydrogen-bond donors (Lipinski definition) is 2. The monoisotopic (exact) mass is 291 g/mol. The fourth-order valence-electron chi connectivity index (χ4n) is 4.42. The summed E-state index contributed by atoms with van der Waals surface area (Å²) < 4.78 is 11.6. The Kier molecular flexibility index (Phi) is 3.52. The van der Waals surface area contributed by atoms with Gasteiger partial charge in [0.05, 0.1) is 25.4 Å². The molecule has 2 rings (SSSR count). The summed E-state index contributed by atoms with van der Waals surface area (Å²) in [4.78, 5) is 2.97. The van der Waals surface area contributed by atoms with Gasteiger partial charge in [-0.3, -0.25) is 5.73 Å². The molecule has 3 atom stereocenters. The third-order valence-corrected chi connectivity index (χ3v) is 5.13. The van der Waals surface area contributed by atoms with Gasteiger partial charge in [-0.15, -0.1) is 0 Å². The fourth-order valence-corrected chi connectivity index (χ4v) is 4.42. The molecule has 0 radical (unpaired) electrons. The van der Waals surface area contributed by atoms with Gasteiger partial charge in [-0.1, -0.05) is 20.3 Å². The van der Waals surface area contributed by atoms with Gasteiger partial charge in [0.15, 0.2) is 10.8 Å². The van der Waals surface area contributed by atoms with Gasteiger partial charge in [-0.05, 0) is 20.3 Å². The zero-order chi connectivity index (χ0) is 15.9. The van der Waals surface area contributed by atoms with E-state index in [1.54, 1.807) is 0 Å². The first kappa shape index (κ1) is 15.8. The standard InChI is InChI=1S/C15H22N4O2/c1-5-8-12(4)13(9-16)11(18)19-15(20-6-2,21-7-3)14(12,13)10-17/h5-8H2,1-4H3,(H2,18,19)/p+1/t12-,13-,14+/m0/s1. The summed E-state index contributed by atoms with van der Waals surface area (Å²) in [6, 6.07) is 4.63. The Balaban J connectivity index is 2.69. The third kappa shape index (κ3) is 1.31. The van der Waals surface area contributed by atoms with Crippen molar-refractivity contribution in [2.75, 3.05) is 13.2 Å². The number of nitrogens with two attached hydrogens (primary N) is 1. The third-order valence-electron chi connectivity index (χ3n) is 5.13. The second-order valence-corrected chi connectivity index (χ2v) is 5.83. The van der Waals surface area contributed by atoms with Crippen molar-refractivity contribution in [3.63, 3.8) is 0 Å². The lowest BCUT2D eigenvalue weighted by Crippen LogP contribution is -2.91. The summed E-state index contributed by atoms with van der Waals surface area (Å²) in [5.74, 6) is -1.07. The van der Waals surface area contributed by atoms with Crippen molar-refractivity contribution in [1.29, 1.82) is 10.5 Å². The highest BCUT2D eigenvalue weighted by atomic mass is 16.7. The first-order valence-electron chi connectivity index (χ1n) is 7.45. The van der Waals surface area contributed by atoms with Gasteiger partial charge in [0.1, 0.15) is 0 Å². The first-order chi connectivity index (χ1) is 9.93. The number of nitrogens with zero attached hydrogens (tertiary/aromatic N) is 2. The summed E-state index contributed by atoms with van der Waals surface area (Å²) >= 11 is 0. The molecule has 1 aliphatic carbocycles. The lowest BCUT2D eigenvalue weighted by molar-refractivity contribution is -0.695. The molecule has 0 unspecified atom stereocenters. The Bertz CT molecular complexity index is 555. The quantitative estimate of drug-likeness (QED) is 0.670. The number of ether oxygens (including phenoxy) is 2. The van der Waals surface area contributed by atoms with E-state index in [4.69, 9.17) is 15.2 Å². The van der Waals surface area contributed by atoms with Crippen molar-refractivity contribution in [3.8, 4) is 12.1 Å². The van der Waals surface area contributed by atoms with E-state index in [0.717, 1.165) is 6.42 Å². The van der Waals surface area contributed by atoms with Crippen LogP contribution in [0, 0.1) is 38.9 Å².